The second kappa shape index (κ2) is 2.88. The van der Waals surface area contributed by atoms with E-state index in [1.807, 2.05) is 0 Å². The molecule has 0 N–H and O–H groups in total. The maximum absolute atomic E-state index is 10.7. The highest BCUT2D eigenvalue weighted by atomic mass is 16.3. The summed E-state index contributed by atoms with van der Waals surface area (Å²) in [4.78, 5) is 0. The molecule has 0 aliphatic heterocycles. The summed E-state index contributed by atoms with van der Waals surface area (Å²) >= 11 is 0. The van der Waals surface area contributed by atoms with Crippen molar-refractivity contribution in [1.82, 2.24) is 0 Å². The number of terminal acetylenes is 1. The largest absolute Gasteiger partial charge is 0.868 e. The van der Waals surface area contributed by atoms with E-state index in [0.29, 0.717) is 6.54 Å². The fraction of sp³-hybridized carbons (Fsp3) is 0.125. The minimum absolute atomic E-state index is 0.0160. The lowest BCUT2D eigenvalue weighted by atomic mass is 10.4. The lowest BCUT2D eigenvalue weighted by Gasteiger charge is -1.99. The third-order valence-electron chi connectivity index (χ3n) is 1.10. The lowest BCUT2D eigenvalue weighted by Crippen LogP contribution is -2.32. The number of aromatic nitrogens is 1. The highest BCUT2D eigenvalue weighted by molar-refractivity contribution is 5.07. The quantitative estimate of drug-likeness (QED) is 0.381. The Morgan fingerprint density at radius 2 is 2.50 bits per heavy atom. The molecule has 1 aromatic rings. The SMILES string of the molecule is C#CC[n+]1cccc([O-])c1. The molecule has 2 heteroatoms. The Balaban J connectivity index is 2.87. The molecule has 1 heterocycles. The van der Waals surface area contributed by atoms with Gasteiger partial charge in [-0.15, -0.1) is 6.42 Å². The Morgan fingerprint density at radius 1 is 1.70 bits per heavy atom. The van der Waals surface area contributed by atoms with Gasteiger partial charge in [-0.1, -0.05) is 6.07 Å². The fourth-order valence-corrected chi connectivity index (χ4v) is 0.702. The summed E-state index contributed by atoms with van der Waals surface area (Å²) in [7, 11) is 0. The number of pyridine rings is 1. The van der Waals surface area contributed by atoms with E-state index in [2.05, 4.69) is 5.92 Å². The molecule has 0 amide bonds. The van der Waals surface area contributed by atoms with Crippen LogP contribution in [-0.2, 0) is 6.54 Å². The summed E-state index contributed by atoms with van der Waals surface area (Å²) < 4.78 is 1.67. The van der Waals surface area contributed by atoms with E-state index in [4.69, 9.17) is 6.42 Å². The van der Waals surface area contributed by atoms with Gasteiger partial charge in [0.2, 0.25) is 6.54 Å². The molecule has 0 radical (unpaired) electrons. The predicted octanol–water partition coefficient (Wildman–Crippen LogP) is -0.319. The molecule has 1 rings (SSSR count). The zero-order chi connectivity index (χ0) is 7.40. The van der Waals surface area contributed by atoms with Crippen molar-refractivity contribution < 1.29 is 9.67 Å². The van der Waals surface area contributed by atoms with Crippen LogP contribution in [0.3, 0.4) is 0 Å². The van der Waals surface area contributed by atoms with Gasteiger partial charge in [0.25, 0.3) is 0 Å². The van der Waals surface area contributed by atoms with Gasteiger partial charge in [0, 0.05) is 6.07 Å². The molecule has 50 valence electrons. The smallest absolute Gasteiger partial charge is 0.208 e. The Bertz CT molecular complexity index is 262. The minimum Gasteiger partial charge on any atom is -0.868 e. The number of hydrogen-bond acceptors (Lipinski definition) is 1. The van der Waals surface area contributed by atoms with Gasteiger partial charge in [-0.25, -0.2) is 0 Å². The van der Waals surface area contributed by atoms with Gasteiger partial charge >= 0.3 is 0 Å². The number of rotatable bonds is 1. The average molecular weight is 133 g/mol. The molecule has 0 saturated heterocycles. The normalized spacial score (nSPS) is 8.70. The van der Waals surface area contributed by atoms with Crippen molar-refractivity contribution in [2.45, 2.75) is 6.54 Å². The standard InChI is InChI=1S/C8H7NO/c1-2-5-9-6-3-4-8(10)7-9/h1,3-4,6-7H,5H2. The molecule has 10 heavy (non-hydrogen) atoms. The molecule has 0 bridgehead atoms. The highest BCUT2D eigenvalue weighted by Crippen LogP contribution is 1.94. The van der Waals surface area contributed by atoms with E-state index in [1.165, 1.54) is 12.3 Å². The van der Waals surface area contributed by atoms with Crippen LogP contribution < -0.4 is 9.67 Å². The zero-order valence-electron chi connectivity index (χ0n) is 5.45. The molecule has 0 aliphatic carbocycles. The topological polar surface area (TPSA) is 26.9 Å². The summed E-state index contributed by atoms with van der Waals surface area (Å²) in [6.45, 7) is 0.454. The van der Waals surface area contributed by atoms with E-state index < -0.39 is 0 Å². The maximum atomic E-state index is 10.7. The summed E-state index contributed by atoms with van der Waals surface area (Å²) in [5.74, 6) is 2.42. The monoisotopic (exact) mass is 133 g/mol. The third kappa shape index (κ3) is 1.49. The molecule has 2 nitrogen and oxygen atoms in total. The first-order valence-corrected chi connectivity index (χ1v) is 2.92. The van der Waals surface area contributed by atoms with Crippen molar-refractivity contribution in [2.24, 2.45) is 0 Å². The van der Waals surface area contributed by atoms with Gasteiger partial charge in [-0.05, 0) is 11.7 Å². The van der Waals surface area contributed by atoms with Crippen LogP contribution in [0.5, 0.6) is 5.75 Å². The van der Waals surface area contributed by atoms with Crippen LogP contribution in [0.4, 0.5) is 0 Å². The highest BCUT2D eigenvalue weighted by Gasteiger charge is 1.91. The first-order chi connectivity index (χ1) is 4.83. The molecule has 1 aromatic heterocycles. The molecule has 0 aromatic carbocycles. The van der Waals surface area contributed by atoms with Gasteiger partial charge in [-0.2, -0.15) is 4.57 Å². The van der Waals surface area contributed by atoms with Crippen LogP contribution in [0, 0.1) is 12.3 Å². The van der Waals surface area contributed by atoms with E-state index in [9.17, 15) is 5.11 Å². The molecule has 0 unspecified atom stereocenters. The second-order valence-corrected chi connectivity index (χ2v) is 1.92. The van der Waals surface area contributed by atoms with E-state index in [0.717, 1.165) is 0 Å². The van der Waals surface area contributed by atoms with Gasteiger partial charge in [0.15, 0.2) is 12.4 Å². The number of nitrogens with zero attached hydrogens (tertiary/aromatic N) is 1. The van der Waals surface area contributed by atoms with Crippen LogP contribution in [0.25, 0.3) is 0 Å². The van der Waals surface area contributed by atoms with Crippen molar-refractivity contribution in [3.63, 3.8) is 0 Å². The van der Waals surface area contributed by atoms with E-state index in [-0.39, 0.29) is 5.75 Å². The Labute approximate surface area is 59.7 Å². The zero-order valence-corrected chi connectivity index (χ0v) is 5.45. The van der Waals surface area contributed by atoms with E-state index >= 15 is 0 Å². The van der Waals surface area contributed by atoms with Gasteiger partial charge in [0.1, 0.15) is 0 Å². The van der Waals surface area contributed by atoms with Crippen LogP contribution in [0.1, 0.15) is 0 Å². The number of hydrogen-bond donors (Lipinski definition) is 0. The van der Waals surface area contributed by atoms with Crippen LogP contribution in [0.15, 0.2) is 24.5 Å². The van der Waals surface area contributed by atoms with Crippen molar-refractivity contribution in [3.05, 3.63) is 24.5 Å². The fourth-order valence-electron chi connectivity index (χ4n) is 0.702. The van der Waals surface area contributed by atoms with Crippen LogP contribution in [-0.4, -0.2) is 0 Å². The molecular weight excluding hydrogens is 126 g/mol. The van der Waals surface area contributed by atoms with Gasteiger partial charge < -0.3 is 5.11 Å². The summed E-state index contributed by atoms with van der Waals surface area (Å²) in [5, 5.41) is 10.7. The lowest BCUT2D eigenvalue weighted by molar-refractivity contribution is -0.687. The summed E-state index contributed by atoms with van der Waals surface area (Å²) in [6.07, 6.45) is 8.27. The summed E-state index contributed by atoms with van der Waals surface area (Å²) in [6, 6.07) is 3.17. The molecule has 0 atom stereocenters. The first-order valence-electron chi connectivity index (χ1n) is 2.92. The van der Waals surface area contributed by atoms with Crippen LogP contribution >= 0.6 is 0 Å². The van der Waals surface area contributed by atoms with Crippen molar-refractivity contribution >= 4 is 0 Å². The minimum atomic E-state index is -0.0160. The molecule has 0 fully saturated rings. The van der Waals surface area contributed by atoms with Gasteiger partial charge in [0.05, 0.1) is 0 Å². The first kappa shape index (κ1) is 6.63. The van der Waals surface area contributed by atoms with E-state index in [1.54, 1.807) is 16.8 Å². The third-order valence-corrected chi connectivity index (χ3v) is 1.10. The van der Waals surface area contributed by atoms with Crippen molar-refractivity contribution in [2.75, 3.05) is 0 Å². The second-order valence-electron chi connectivity index (χ2n) is 1.92. The van der Waals surface area contributed by atoms with Crippen LogP contribution in [0.2, 0.25) is 0 Å². The van der Waals surface area contributed by atoms with Crippen molar-refractivity contribution in [3.8, 4) is 18.1 Å². The predicted molar refractivity (Wildman–Crippen MR) is 34.9 cm³/mol. The molecule has 0 spiro atoms. The Hall–Kier alpha value is -1.49. The molecule has 0 aliphatic rings. The molecular formula is C8H7NO. The average Bonchev–Trinajstić information content (AvgIpc) is 1.88. The maximum Gasteiger partial charge on any atom is 0.208 e. The van der Waals surface area contributed by atoms with Crippen molar-refractivity contribution in [1.29, 1.82) is 0 Å². The van der Waals surface area contributed by atoms with Gasteiger partial charge in [-0.3, -0.25) is 0 Å². The summed E-state index contributed by atoms with van der Waals surface area (Å²) in [5.41, 5.74) is 0. The molecule has 0 saturated carbocycles. The Kier molecular flexibility index (Phi) is 1.91. The Morgan fingerprint density at radius 3 is 3.10 bits per heavy atom.